The molecule has 0 aliphatic rings. The lowest BCUT2D eigenvalue weighted by molar-refractivity contribution is 0.402. The summed E-state index contributed by atoms with van der Waals surface area (Å²) in [6, 6.07) is 9.07. The molecule has 2 atom stereocenters. The van der Waals surface area contributed by atoms with Gasteiger partial charge in [-0.25, -0.2) is 4.39 Å². The summed E-state index contributed by atoms with van der Waals surface area (Å²) in [4.78, 5) is 0. The first kappa shape index (κ1) is 13.3. The average Bonchev–Trinajstić information content (AvgIpc) is 2.86. The molecule has 0 fully saturated rings. The van der Waals surface area contributed by atoms with E-state index in [2.05, 4.69) is 21.2 Å². The number of halogens is 2. The van der Waals surface area contributed by atoms with Gasteiger partial charge in [-0.05, 0) is 59.6 Å². The van der Waals surface area contributed by atoms with Crippen LogP contribution in [0.3, 0.4) is 0 Å². The highest BCUT2D eigenvalue weighted by Gasteiger charge is 2.13. The van der Waals surface area contributed by atoms with Crippen LogP contribution >= 0.6 is 15.9 Å². The third-order valence-electron chi connectivity index (χ3n) is 2.91. The molecule has 96 valence electrons. The fourth-order valence-electron chi connectivity index (χ4n) is 1.87. The van der Waals surface area contributed by atoms with Crippen LogP contribution < -0.4 is 5.32 Å². The first-order chi connectivity index (χ1) is 8.58. The minimum atomic E-state index is -0.245. The van der Waals surface area contributed by atoms with E-state index in [1.807, 2.05) is 26.0 Å². The summed E-state index contributed by atoms with van der Waals surface area (Å²) in [6.45, 7) is 4.08. The Kier molecular flexibility index (Phi) is 4.19. The van der Waals surface area contributed by atoms with Crippen molar-refractivity contribution in [3.8, 4) is 0 Å². The minimum absolute atomic E-state index is 0.110. The van der Waals surface area contributed by atoms with E-state index in [-0.39, 0.29) is 17.9 Å². The Morgan fingerprint density at radius 1 is 1.22 bits per heavy atom. The Hall–Kier alpha value is -1.13. The predicted molar refractivity (Wildman–Crippen MR) is 72.8 cm³/mol. The van der Waals surface area contributed by atoms with Crippen LogP contribution in [0.4, 0.5) is 4.39 Å². The zero-order chi connectivity index (χ0) is 13.1. The Morgan fingerprint density at radius 3 is 2.61 bits per heavy atom. The van der Waals surface area contributed by atoms with E-state index in [4.69, 9.17) is 4.42 Å². The second-order valence-corrected chi connectivity index (χ2v) is 5.15. The van der Waals surface area contributed by atoms with Crippen LogP contribution in [0.5, 0.6) is 0 Å². The van der Waals surface area contributed by atoms with Crippen LogP contribution in [0.2, 0.25) is 0 Å². The fourth-order valence-corrected chi connectivity index (χ4v) is 2.27. The van der Waals surface area contributed by atoms with Gasteiger partial charge in [0, 0.05) is 6.04 Å². The van der Waals surface area contributed by atoms with Crippen molar-refractivity contribution in [2.45, 2.75) is 25.9 Å². The van der Waals surface area contributed by atoms with Gasteiger partial charge in [0.25, 0.3) is 0 Å². The summed E-state index contributed by atoms with van der Waals surface area (Å²) in [5.41, 5.74) is 1.03. The smallest absolute Gasteiger partial charge is 0.137 e. The molecule has 0 saturated carbocycles. The van der Waals surface area contributed by atoms with Gasteiger partial charge in [0.2, 0.25) is 0 Å². The van der Waals surface area contributed by atoms with Crippen molar-refractivity contribution in [1.82, 2.24) is 5.32 Å². The molecule has 0 aliphatic heterocycles. The zero-order valence-electron chi connectivity index (χ0n) is 10.3. The van der Waals surface area contributed by atoms with E-state index in [1.165, 1.54) is 6.07 Å². The van der Waals surface area contributed by atoms with E-state index < -0.39 is 0 Å². The molecule has 4 heteroatoms. The Balaban J connectivity index is 2.07. The van der Waals surface area contributed by atoms with Gasteiger partial charge in [0.1, 0.15) is 11.6 Å². The highest BCUT2D eigenvalue weighted by molar-refractivity contribution is 9.10. The molecule has 0 radical (unpaired) electrons. The van der Waals surface area contributed by atoms with Crippen LogP contribution in [0.1, 0.15) is 37.3 Å². The van der Waals surface area contributed by atoms with E-state index in [9.17, 15) is 4.39 Å². The highest BCUT2D eigenvalue weighted by atomic mass is 79.9. The molecular weight excluding hydrogens is 297 g/mol. The third kappa shape index (κ3) is 3.00. The molecule has 0 aliphatic carbocycles. The maximum Gasteiger partial charge on any atom is 0.137 e. The molecule has 0 amide bonds. The van der Waals surface area contributed by atoms with Crippen molar-refractivity contribution < 1.29 is 8.81 Å². The molecule has 0 bridgehead atoms. The van der Waals surface area contributed by atoms with Gasteiger partial charge >= 0.3 is 0 Å². The highest BCUT2D eigenvalue weighted by Crippen LogP contribution is 2.23. The van der Waals surface area contributed by atoms with Crippen LogP contribution in [-0.4, -0.2) is 0 Å². The fraction of sp³-hybridized carbons (Fsp3) is 0.286. The molecule has 0 saturated heterocycles. The standard InChI is InChI=1S/C14H15BrFNO/c1-9(11-5-6-13(16)12(15)8-11)17-10(2)14-4-3-7-18-14/h3-10,17H,1-2H3/t9?,10-/m0/s1. The van der Waals surface area contributed by atoms with Crippen molar-refractivity contribution in [2.24, 2.45) is 0 Å². The summed E-state index contributed by atoms with van der Waals surface area (Å²) in [6.07, 6.45) is 1.66. The number of rotatable bonds is 4. The molecule has 18 heavy (non-hydrogen) atoms. The zero-order valence-corrected chi connectivity index (χ0v) is 11.9. The molecule has 1 N–H and O–H groups in total. The van der Waals surface area contributed by atoms with Gasteiger partial charge in [0.15, 0.2) is 0 Å². The first-order valence-electron chi connectivity index (χ1n) is 5.82. The molecule has 2 rings (SSSR count). The van der Waals surface area contributed by atoms with E-state index in [0.717, 1.165) is 11.3 Å². The monoisotopic (exact) mass is 311 g/mol. The van der Waals surface area contributed by atoms with Gasteiger partial charge in [-0.15, -0.1) is 0 Å². The second-order valence-electron chi connectivity index (χ2n) is 4.30. The number of benzene rings is 1. The Morgan fingerprint density at radius 2 is 2.00 bits per heavy atom. The van der Waals surface area contributed by atoms with Gasteiger partial charge in [-0.1, -0.05) is 6.07 Å². The predicted octanol–water partition coefficient (Wildman–Crippen LogP) is 4.59. The maximum atomic E-state index is 13.2. The molecular formula is C14H15BrFNO. The Bertz CT molecular complexity index is 513. The first-order valence-corrected chi connectivity index (χ1v) is 6.61. The van der Waals surface area contributed by atoms with Gasteiger partial charge in [-0.3, -0.25) is 0 Å². The maximum absolute atomic E-state index is 13.2. The van der Waals surface area contributed by atoms with Gasteiger partial charge < -0.3 is 9.73 Å². The molecule has 2 aromatic rings. The van der Waals surface area contributed by atoms with Crippen LogP contribution in [0.15, 0.2) is 45.5 Å². The molecule has 1 heterocycles. The summed E-state index contributed by atoms with van der Waals surface area (Å²) >= 11 is 3.20. The molecule has 1 aromatic heterocycles. The summed E-state index contributed by atoms with van der Waals surface area (Å²) in [5.74, 6) is 0.646. The molecule has 1 unspecified atom stereocenters. The summed E-state index contributed by atoms with van der Waals surface area (Å²) in [7, 11) is 0. The minimum Gasteiger partial charge on any atom is -0.468 e. The van der Waals surface area contributed by atoms with Crippen LogP contribution in [0.25, 0.3) is 0 Å². The number of furan rings is 1. The van der Waals surface area contributed by atoms with E-state index in [1.54, 1.807) is 18.4 Å². The van der Waals surface area contributed by atoms with Crippen molar-refractivity contribution in [3.05, 3.63) is 58.2 Å². The SMILES string of the molecule is CC(N[C@@H](C)c1ccco1)c1ccc(F)c(Br)c1. The van der Waals surface area contributed by atoms with Crippen molar-refractivity contribution in [2.75, 3.05) is 0 Å². The number of hydrogen-bond donors (Lipinski definition) is 1. The van der Waals surface area contributed by atoms with Gasteiger partial charge in [-0.2, -0.15) is 0 Å². The van der Waals surface area contributed by atoms with Gasteiger partial charge in [0.05, 0.1) is 16.8 Å². The molecule has 2 nitrogen and oxygen atoms in total. The summed E-state index contributed by atoms with van der Waals surface area (Å²) < 4.78 is 19.0. The van der Waals surface area contributed by atoms with E-state index >= 15 is 0 Å². The van der Waals surface area contributed by atoms with Crippen molar-refractivity contribution in [1.29, 1.82) is 0 Å². The Labute approximate surface area is 114 Å². The largest absolute Gasteiger partial charge is 0.468 e. The molecule has 1 aromatic carbocycles. The average molecular weight is 312 g/mol. The second kappa shape index (κ2) is 5.67. The van der Waals surface area contributed by atoms with Crippen molar-refractivity contribution in [3.63, 3.8) is 0 Å². The van der Waals surface area contributed by atoms with E-state index in [0.29, 0.717) is 4.47 Å². The molecule has 0 spiro atoms. The third-order valence-corrected chi connectivity index (χ3v) is 3.52. The quantitative estimate of drug-likeness (QED) is 0.893. The van der Waals surface area contributed by atoms with Crippen LogP contribution in [-0.2, 0) is 0 Å². The lowest BCUT2D eigenvalue weighted by atomic mass is 10.1. The number of hydrogen-bond acceptors (Lipinski definition) is 2. The van der Waals surface area contributed by atoms with Crippen molar-refractivity contribution >= 4 is 15.9 Å². The number of nitrogens with one attached hydrogen (secondary N) is 1. The van der Waals surface area contributed by atoms with Crippen LogP contribution in [0, 0.1) is 5.82 Å². The summed E-state index contributed by atoms with van der Waals surface area (Å²) in [5, 5.41) is 3.41. The lowest BCUT2D eigenvalue weighted by Gasteiger charge is -2.19. The topological polar surface area (TPSA) is 25.2 Å². The lowest BCUT2D eigenvalue weighted by Crippen LogP contribution is -2.22. The normalized spacial score (nSPS) is 14.4.